The molecular weight excluding hydrogens is 1030 g/mol. The van der Waals surface area contributed by atoms with E-state index in [1.54, 1.807) is 69.3 Å². The van der Waals surface area contributed by atoms with Gasteiger partial charge in [0.25, 0.3) is 0 Å². The zero-order valence-corrected chi connectivity index (χ0v) is 45.0. The van der Waals surface area contributed by atoms with Crippen LogP contribution < -0.4 is 47.1 Å². The van der Waals surface area contributed by atoms with E-state index in [0.29, 0.717) is 42.4 Å². The van der Waals surface area contributed by atoms with E-state index in [1.807, 2.05) is 38.1 Å². The van der Waals surface area contributed by atoms with Crippen molar-refractivity contribution in [2.75, 3.05) is 6.54 Å². The number of hydrogen-bond acceptors (Lipinski definition) is 13. The van der Waals surface area contributed by atoms with Crippen molar-refractivity contribution >= 4 is 74.6 Å². The van der Waals surface area contributed by atoms with Gasteiger partial charge in [0.15, 0.2) is 0 Å². The lowest BCUT2D eigenvalue weighted by Gasteiger charge is -2.26. The molecule has 422 valence electrons. The van der Waals surface area contributed by atoms with Crippen molar-refractivity contribution in [3.05, 3.63) is 114 Å². The predicted molar refractivity (Wildman–Crippen MR) is 286 cm³/mol. The van der Waals surface area contributed by atoms with Gasteiger partial charge in [0, 0.05) is 19.3 Å². The smallest absolute Gasteiger partial charge is 0.446 e. The number of amides is 8. The van der Waals surface area contributed by atoms with Crippen LogP contribution in [0.25, 0.3) is 10.8 Å². The van der Waals surface area contributed by atoms with Crippen LogP contribution in [-0.2, 0) is 72.8 Å². The molecular formula is C54H70N8O15S. The Balaban J connectivity index is 1.55. The van der Waals surface area contributed by atoms with Gasteiger partial charge in [0.2, 0.25) is 41.4 Å². The molecule has 0 unspecified atom stereocenters. The van der Waals surface area contributed by atoms with Crippen LogP contribution >= 0.6 is 0 Å². The second-order valence-corrected chi connectivity index (χ2v) is 20.5. The molecule has 0 spiro atoms. The highest BCUT2D eigenvalue weighted by molar-refractivity contribution is 7.81. The number of carboxylic acids is 1. The summed E-state index contributed by atoms with van der Waals surface area (Å²) in [5, 5.41) is 29.2. The molecule has 0 saturated carbocycles. The van der Waals surface area contributed by atoms with Crippen LogP contribution in [0.5, 0.6) is 5.75 Å². The van der Waals surface area contributed by atoms with Gasteiger partial charge < -0.3 is 57.0 Å². The van der Waals surface area contributed by atoms with Crippen molar-refractivity contribution in [2.45, 2.75) is 141 Å². The molecule has 24 heteroatoms. The summed E-state index contributed by atoms with van der Waals surface area (Å²) in [5.74, 6) is -7.82. The minimum Gasteiger partial charge on any atom is -0.481 e. The molecule has 8 amide bonds. The molecule has 0 aliphatic rings. The van der Waals surface area contributed by atoms with Crippen LogP contribution in [0.2, 0.25) is 0 Å². The number of nitrogens with two attached hydrogens (primary N) is 1. The first-order valence-corrected chi connectivity index (χ1v) is 26.8. The third kappa shape index (κ3) is 21.9. The molecule has 0 bridgehead atoms. The number of carbonyl (C=O) groups excluding carboxylic acids is 8. The maximum Gasteiger partial charge on any atom is 0.446 e. The Hall–Kier alpha value is -8.12. The maximum absolute atomic E-state index is 14.4. The first-order valence-electron chi connectivity index (χ1n) is 25.4. The van der Waals surface area contributed by atoms with Crippen LogP contribution in [-0.4, -0.2) is 120 Å². The number of carboxylic acid groups (broad SMARTS) is 1. The van der Waals surface area contributed by atoms with E-state index in [9.17, 15) is 56.7 Å². The average Bonchev–Trinajstić information content (AvgIpc) is 3.36. The molecule has 0 fully saturated rings. The topological polar surface area (TPSA) is 357 Å². The fourth-order valence-corrected chi connectivity index (χ4v) is 8.39. The summed E-state index contributed by atoms with van der Waals surface area (Å²) in [7, 11) is -4.83. The number of hydrogen-bond donors (Lipinski definition) is 10. The minimum absolute atomic E-state index is 0.0224. The molecule has 0 aliphatic carbocycles. The van der Waals surface area contributed by atoms with Crippen LogP contribution in [0.15, 0.2) is 97.1 Å². The molecule has 0 saturated heterocycles. The average molecular weight is 1100 g/mol. The molecule has 0 aromatic heterocycles. The molecule has 4 rings (SSSR count). The Kier molecular flexibility index (Phi) is 24.0. The van der Waals surface area contributed by atoms with E-state index in [2.05, 4.69) is 41.4 Å². The Morgan fingerprint density at radius 1 is 0.577 bits per heavy atom. The highest BCUT2D eigenvalue weighted by Crippen LogP contribution is 2.21. The molecule has 6 atom stereocenters. The molecule has 78 heavy (non-hydrogen) atoms. The third-order valence-electron chi connectivity index (χ3n) is 11.9. The Bertz CT molecular complexity index is 2840. The SMILES string of the molecule is CCCC[C@H](NC(=O)[C@H](Cc1ccc(OS(=O)(=O)O)cc1)NC(=O)OC(C)(C)C)C(=O)NCC(=O)N[C@@H](Cc1cccc2ccccc12)C(=O)N[C@@H](CCCC)C(=O)N[C@@H](CC(=O)O)C(=O)N[C@@H](Cc1ccccc1)C(N)=O. The fraction of sp³-hybridized carbons (Fsp3) is 0.426. The van der Waals surface area contributed by atoms with Crippen LogP contribution in [0.3, 0.4) is 0 Å². The number of nitrogens with one attached hydrogen (secondary N) is 7. The van der Waals surface area contributed by atoms with Crippen LogP contribution in [0.4, 0.5) is 4.79 Å². The Morgan fingerprint density at radius 2 is 1.08 bits per heavy atom. The second-order valence-electron chi connectivity index (χ2n) is 19.5. The summed E-state index contributed by atoms with van der Waals surface area (Å²) in [5.41, 5.74) is 6.31. The quantitative estimate of drug-likeness (QED) is 0.0336. The van der Waals surface area contributed by atoms with E-state index in [1.165, 1.54) is 24.3 Å². The predicted octanol–water partition coefficient (Wildman–Crippen LogP) is 2.82. The fourth-order valence-electron chi connectivity index (χ4n) is 8.03. The third-order valence-corrected chi connectivity index (χ3v) is 12.3. The monoisotopic (exact) mass is 1100 g/mol. The number of alkyl carbamates (subject to hydrolysis) is 1. The van der Waals surface area contributed by atoms with Gasteiger partial charge in [-0.3, -0.25) is 42.9 Å². The van der Waals surface area contributed by atoms with Crippen molar-refractivity contribution in [3.8, 4) is 5.75 Å². The van der Waals surface area contributed by atoms with Crippen molar-refractivity contribution in [3.63, 3.8) is 0 Å². The molecule has 11 N–H and O–H groups in total. The van der Waals surface area contributed by atoms with Crippen molar-refractivity contribution in [1.82, 2.24) is 37.2 Å². The molecule has 4 aromatic carbocycles. The number of ether oxygens (including phenoxy) is 1. The van der Waals surface area contributed by atoms with Crippen molar-refractivity contribution in [2.24, 2.45) is 5.73 Å². The second kappa shape index (κ2) is 30.0. The molecule has 0 heterocycles. The van der Waals surface area contributed by atoms with Gasteiger partial charge in [0.05, 0.1) is 13.0 Å². The van der Waals surface area contributed by atoms with Gasteiger partial charge in [-0.2, -0.15) is 8.42 Å². The summed E-state index contributed by atoms with van der Waals surface area (Å²) in [6.45, 7) is 7.83. The lowest BCUT2D eigenvalue weighted by molar-refractivity contribution is -0.141. The number of fused-ring (bicyclic) bond motifs is 1. The van der Waals surface area contributed by atoms with Gasteiger partial charge in [-0.25, -0.2) is 4.79 Å². The number of carbonyl (C=O) groups is 9. The summed E-state index contributed by atoms with van der Waals surface area (Å²) >= 11 is 0. The summed E-state index contributed by atoms with van der Waals surface area (Å²) in [6, 6.07) is 18.1. The van der Waals surface area contributed by atoms with Crippen LogP contribution in [0, 0.1) is 0 Å². The summed E-state index contributed by atoms with van der Waals surface area (Å²) < 4.78 is 41.3. The standard InChI is InChI=1S/C54H70N8O15S/c1-6-8-22-39(58-50(69)42(62-53(72)76-54(3,4)5)29-34-24-26-37(27-25-34)77-78(73,74)75)48(67)56-32-45(63)57-43(30-36-20-15-19-35-18-13-14-21-38(35)36)51(70)59-40(23-9-7-2)49(68)61-44(31-46(64)65)52(71)60-41(47(55)66)28-33-16-11-10-12-17-33/h10-21,24-27,39-44H,6-9,22-23,28-32H2,1-5H3,(H2,55,66)(H,56,67)(H,57,63)(H,58,69)(H,59,70)(H,60,71)(H,61,68)(H,62,72)(H,64,65)(H,73,74,75)/t39-,40-,41-,42-,43-,44-/m0/s1. The molecule has 0 radical (unpaired) electrons. The maximum atomic E-state index is 14.4. The van der Waals surface area contributed by atoms with Crippen molar-refractivity contribution < 1.29 is 70.1 Å². The van der Waals surface area contributed by atoms with Crippen molar-refractivity contribution in [1.29, 1.82) is 0 Å². The summed E-state index contributed by atoms with van der Waals surface area (Å²) in [6.07, 6.45) is -0.0855. The number of unbranched alkanes of at least 4 members (excludes halogenated alkanes) is 2. The van der Waals surface area contributed by atoms with E-state index in [0.717, 1.165) is 10.8 Å². The number of aliphatic carboxylic acids is 1. The number of primary amides is 1. The zero-order valence-electron chi connectivity index (χ0n) is 44.2. The highest BCUT2D eigenvalue weighted by atomic mass is 32.3. The summed E-state index contributed by atoms with van der Waals surface area (Å²) in [4.78, 5) is 121. The van der Waals surface area contributed by atoms with E-state index < -0.39 is 119 Å². The largest absolute Gasteiger partial charge is 0.481 e. The highest BCUT2D eigenvalue weighted by Gasteiger charge is 2.34. The molecule has 23 nitrogen and oxygen atoms in total. The van der Waals surface area contributed by atoms with Gasteiger partial charge in [-0.1, -0.05) is 124 Å². The van der Waals surface area contributed by atoms with Gasteiger partial charge >= 0.3 is 22.5 Å². The lowest BCUT2D eigenvalue weighted by Crippen LogP contribution is -2.59. The number of rotatable bonds is 30. The van der Waals surface area contributed by atoms with E-state index in [4.69, 9.17) is 15.0 Å². The Morgan fingerprint density at radius 3 is 1.65 bits per heavy atom. The van der Waals surface area contributed by atoms with Gasteiger partial charge in [-0.05, 0) is 73.2 Å². The van der Waals surface area contributed by atoms with Crippen LogP contribution in [0.1, 0.15) is 96.3 Å². The zero-order chi connectivity index (χ0) is 57.6. The first kappa shape index (κ1) is 62.4. The van der Waals surface area contributed by atoms with E-state index in [-0.39, 0.29) is 37.9 Å². The molecule has 0 aliphatic heterocycles. The van der Waals surface area contributed by atoms with E-state index >= 15 is 0 Å². The van der Waals surface area contributed by atoms with Gasteiger partial charge in [-0.15, -0.1) is 0 Å². The Labute approximate surface area is 452 Å². The molecule has 4 aromatic rings. The minimum atomic E-state index is -4.83. The number of benzene rings is 4. The first-order chi connectivity index (χ1) is 36.8. The lowest BCUT2D eigenvalue weighted by atomic mass is 9.97. The normalized spacial score (nSPS) is 13.7. The van der Waals surface area contributed by atoms with Gasteiger partial charge in [0.1, 0.15) is 47.6 Å².